The fourth-order valence-corrected chi connectivity index (χ4v) is 2.05. The summed E-state index contributed by atoms with van der Waals surface area (Å²) in [6.07, 6.45) is 1.38. The smallest absolute Gasteiger partial charge is 0.256 e. The Kier molecular flexibility index (Phi) is 5.86. The number of anilines is 2. The molecule has 0 saturated carbocycles. The van der Waals surface area contributed by atoms with E-state index in [-0.39, 0.29) is 24.6 Å². The quantitative estimate of drug-likeness (QED) is 0.734. The third-order valence-electron chi connectivity index (χ3n) is 3.73. The summed E-state index contributed by atoms with van der Waals surface area (Å²) in [7, 11) is 7.32. The van der Waals surface area contributed by atoms with Gasteiger partial charge >= 0.3 is 0 Å². The van der Waals surface area contributed by atoms with E-state index < -0.39 is 0 Å². The van der Waals surface area contributed by atoms with Crippen LogP contribution in [0.1, 0.15) is 17.1 Å². The molecule has 1 N–H and O–H groups in total. The van der Waals surface area contributed by atoms with Crippen LogP contribution < -0.4 is 20.7 Å². The van der Waals surface area contributed by atoms with Gasteiger partial charge in [-0.2, -0.15) is 15.0 Å². The maximum absolute atomic E-state index is 12.2. The summed E-state index contributed by atoms with van der Waals surface area (Å²) in [4.78, 5) is 44.9. The molecule has 2 aromatic heterocycles. The summed E-state index contributed by atoms with van der Waals surface area (Å²) < 4.78 is 1.28. The molecule has 0 bridgehead atoms. The van der Waals surface area contributed by atoms with Gasteiger partial charge in [-0.15, -0.1) is 0 Å². The summed E-state index contributed by atoms with van der Waals surface area (Å²) in [6, 6.07) is 0. The Hall–Kier alpha value is -3.04. The fourth-order valence-electron chi connectivity index (χ4n) is 2.05. The van der Waals surface area contributed by atoms with Gasteiger partial charge in [0, 0.05) is 39.4 Å². The second kappa shape index (κ2) is 7.89. The minimum Gasteiger partial charge on any atom is -0.347 e. The predicted molar refractivity (Wildman–Crippen MR) is 98.3 cm³/mol. The Morgan fingerprint density at radius 3 is 2.19 bits per heavy atom. The molecule has 140 valence electrons. The van der Waals surface area contributed by atoms with Crippen LogP contribution in [0, 0.1) is 13.8 Å². The van der Waals surface area contributed by atoms with Crippen LogP contribution in [0.5, 0.6) is 0 Å². The van der Waals surface area contributed by atoms with Gasteiger partial charge in [0.05, 0.1) is 12.9 Å². The molecule has 0 unspecified atom stereocenters. The standard InChI is InChI=1S/C16H24N8O2/c1-10-11(2)18-9-24(14(10)26)8-13(25)17-7-12-19-15(22(3)4)21-16(20-12)23(5)6/h9H,7-8H2,1-6H3,(H,17,25). The molecule has 0 saturated heterocycles. The lowest BCUT2D eigenvalue weighted by Crippen LogP contribution is -2.34. The van der Waals surface area contributed by atoms with E-state index in [0.717, 1.165) is 0 Å². The second-order valence-electron chi connectivity index (χ2n) is 6.31. The molecule has 0 aliphatic heterocycles. The van der Waals surface area contributed by atoms with E-state index in [2.05, 4.69) is 25.3 Å². The van der Waals surface area contributed by atoms with Crippen molar-refractivity contribution in [1.82, 2.24) is 29.8 Å². The average molecular weight is 360 g/mol. The number of aromatic nitrogens is 5. The van der Waals surface area contributed by atoms with E-state index in [0.29, 0.717) is 29.0 Å². The first kappa shape index (κ1) is 19.3. The van der Waals surface area contributed by atoms with Crippen molar-refractivity contribution in [2.45, 2.75) is 26.9 Å². The van der Waals surface area contributed by atoms with Crippen LogP contribution in [-0.4, -0.2) is 58.6 Å². The van der Waals surface area contributed by atoms with Gasteiger partial charge < -0.3 is 15.1 Å². The van der Waals surface area contributed by atoms with Crippen molar-refractivity contribution in [1.29, 1.82) is 0 Å². The van der Waals surface area contributed by atoms with Crippen LogP contribution in [0.4, 0.5) is 11.9 Å². The van der Waals surface area contributed by atoms with E-state index >= 15 is 0 Å². The first-order chi connectivity index (χ1) is 12.2. The van der Waals surface area contributed by atoms with Gasteiger partial charge in [-0.3, -0.25) is 14.2 Å². The second-order valence-corrected chi connectivity index (χ2v) is 6.31. The number of carbonyl (C=O) groups is 1. The number of carbonyl (C=O) groups excluding carboxylic acids is 1. The number of amides is 1. The molecule has 0 aliphatic carbocycles. The molecule has 10 heteroatoms. The SMILES string of the molecule is Cc1ncn(CC(=O)NCc2nc(N(C)C)nc(N(C)C)n2)c(=O)c1C. The van der Waals surface area contributed by atoms with Crippen molar-refractivity contribution in [3.05, 3.63) is 33.8 Å². The third-order valence-corrected chi connectivity index (χ3v) is 3.73. The largest absolute Gasteiger partial charge is 0.347 e. The van der Waals surface area contributed by atoms with Crippen molar-refractivity contribution < 1.29 is 4.79 Å². The predicted octanol–water partition coefficient (Wildman–Crippen LogP) is -0.506. The maximum Gasteiger partial charge on any atom is 0.256 e. The van der Waals surface area contributed by atoms with Gasteiger partial charge in [0.15, 0.2) is 5.82 Å². The average Bonchev–Trinajstić information content (AvgIpc) is 2.60. The van der Waals surface area contributed by atoms with Crippen molar-refractivity contribution in [2.75, 3.05) is 38.0 Å². The minimum atomic E-state index is -0.324. The molecule has 2 aromatic rings. The number of nitrogens with zero attached hydrogens (tertiary/aromatic N) is 7. The van der Waals surface area contributed by atoms with E-state index in [4.69, 9.17) is 0 Å². The Morgan fingerprint density at radius 2 is 1.65 bits per heavy atom. The van der Waals surface area contributed by atoms with E-state index in [9.17, 15) is 9.59 Å². The summed E-state index contributed by atoms with van der Waals surface area (Å²) in [5.74, 6) is 1.12. The fraction of sp³-hybridized carbons (Fsp3) is 0.500. The Balaban J connectivity index is 2.10. The normalized spacial score (nSPS) is 10.5. The monoisotopic (exact) mass is 360 g/mol. The Bertz CT molecular complexity index is 834. The van der Waals surface area contributed by atoms with Crippen LogP contribution in [0.15, 0.2) is 11.1 Å². The van der Waals surface area contributed by atoms with Gasteiger partial charge in [-0.1, -0.05) is 0 Å². The van der Waals surface area contributed by atoms with Crippen molar-refractivity contribution in [3.8, 4) is 0 Å². The molecule has 26 heavy (non-hydrogen) atoms. The zero-order valence-corrected chi connectivity index (χ0v) is 15.9. The molecule has 1 amide bonds. The molecule has 0 atom stereocenters. The maximum atomic E-state index is 12.2. The van der Waals surface area contributed by atoms with Gasteiger partial charge in [0.25, 0.3) is 5.56 Å². The molecule has 2 heterocycles. The van der Waals surface area contributed by atoms with Crippen molar-refractivity contribution >= 4 is 17.8 Å². The zero-order valence-electron chi connectivity index (χ0n) is 15.9. The molecule has 0 aromatic carbocycles. The Morgan fingerprint density at radius 1 is 1.08 bits per heavy atom. The highest BCUT2D eigenvalue weighted by Crippen LogP contribution is 2.10. The molecule has 10 nitrogen and oxygen atoms in total. The Labute approximate surface area is 151 Å². The van der Waals surface area contributed by atoms with E-state index in [1.807, 2.05) is 28.2 Å². The van der Waals surface area contributed by atoms with Crippen LogP contribution in [0.3, 0.4) is 0 Å². The number of hydrogen-bond donors (Lipinski definition) is 1. The van der Waals surface area contributed by atoms with Crippen LogP contribution in [-0.2, 0) is 17.9 Å². The summed E-state index contributed by atoms with van der Waals surface area (Å²) >= 11 is 0. The highest BCUT2D eigenvalue weighted by atomic mass is 16.2. The number of hydrogen-bond acceptors (Lipinski definition) is 8. The van der Waals surface area contributed by atoms with Gasteiger partial charge in [-0.05, 0) is 13.8 Å². The number of aryl methyl sites for hydroxylation is 1. The lowest BCUT2D eigenvalue weighted by Gasteiger charge is -2.16. The van der Waals surface area contributed by atoms with E-state index in [1.54, 1.807) is 23.6 Å². The lowest BCUT2D eigenvalue weighted by molar-refractivity contribution is -0.121. The van der Waals surface area contributed by atoms with Gasteiger partial charge in [0.2, 0.25) is 17.8 Å². The first-order valence-electron chi connectivity index (χ1n) is 8.08. The van der Waals surface area contributed by atoms with Gasteiger partial charge in [0.1, 0.15) is 6.54 Å². The summed E-state index contributed by atoms with van der Waals surface area (Å²) in [5, 5.41) is 2.72. The molecular formula is C16H24N8O2. The summed E-state index contributed by atoms with van der Waals surface area (Å²) in [6.45, 7) is 3.47. The molecule has 2 rings (SSSR count). The minimum absolute atomic E-state index is 0.112. The van der Waals surface area contributed by atoms with Crippen LogP contribution in [0.2, 0.25) is 0 Å². The van der Waals surface area contributed by atoms with E-state index in [1.165, 1.54) is 10.9 Å². The van der Waals surface area contributed by atoms with Crippen molar-refractivity contribution in [2.24, 2.45) is 0 Å². The lowest BCUT2D eigenvalue weighted by atomic mass is 10.3. The highest BCUT2D eigenvalue weighted by Gasteiger charge is 2.12. The first-order valence-corrected chi connectivity index (χ1v) is 8.08. The number of nitrogens with one attached hydrogen (secondary N) is 1. The molecule has 0 aliphatic rings. The number of rotatable bonds is 6. The summed E-state index contributed by atoms with van der Waals surface area (Å²) in [5.41, 5.74) is 0.964. The zero-order chi connectivity index (χ0) is 19.4. The van der Waals surface area contributed by atoms with Crippen LogP contribution >= 0.6 is 0 Å². The highest BCUT2D eigenvalue weighted by molar-refractivity contribution is 5.75. The molecule has 0 fully saturated rings. The van der Waals surface area contributed by atoms with Crippen LogP contribution in [0.25, 0.3) is 0 Å². The molecular weight excluding hydrogens is 336 g/mol. The topological polar surface area (TPSA) is 109 Å². The van der Waals surface area contributed by atoms with Gasteiger partial charge in [-0.25, -0.2) is 4.98 Å². The third kappa shape index (κ3) is 4.52. The molecule has 0 spiro atoms. The molecule has 0 radical (unpaired) electrons. The van der Waals surface area contributed by atoms with Crippen molar-refractivity contribution in [3.63, 3.8) is 0 Å².